The molecule has 3 heterocycles. The molecule has 0 radical (unpaired) electrons. The summed E-state index contributed by atoms with van der Waals surface area (Å²) in [6, 6.07) is 27.9. The van der Waals surface area contributed by atoms with E-state index in [1.165, 1.54) is 0 Å². The van der Waals surface area contributed by atoms with E-state index in [-0.39, 0.29) is 43.3 Å². The number of likely N-dealkylation sites (tertiary alicyclic amines) is 1. The Morgan fingerprint density at radius 2 is 1.73 bits per heavy atom. The molecule has 45 heavy (non-hydrogen) atoms. The smallest absolute Gasteiger partial charge is 0.253 e. The van der Waals surface area contributed by atoms with E-state index in [0.717, 1.165) is 59.3 Å². The van der Waals surface area contributed by atoms with Crippen LogP contribution in [0.25, 0.3) is 11.1 Å². The maximum atomic E-state index is 12.6. The number of benzene rings is 3. The average molecular weight is 608 g/mol. The first-order valence-corrected chi connectivity index (χ1v) is 15.8. The first kappa shape index (κ1) is 31.1. The molecule has 8 heteroatoms. The van der Waals surface area contributed by atoms with E-state index in [0.29, 0.717) is 12.1 Å². The number of hydrogen-bond acceptors (Lipinski definition) is 7. The Hall–Kier alpha value is -3.92. The highest BCUT2D eigenvalue weighted by Gasteiger charge is 2.40. The van der Waals surface area contributed by atoms with Crippen LogP contribution in [-0.2, 0) is 22.6 Å². The van der Waals surface area contributed by atoms with Gasteiger partial charge in [0.15, 0.2) is 6.29 Å². The van der Waals surface area contributed by atoms with Crippen molar-refractivity contribution in [2.24, 2.45) is 5.92 Å². The second-order valence-corrected chi connectivity index (χ2v) is 12.0. The van der Waals surface area contributed by atoms with E-state index in [9.17, 15) is 15.0 Å². The van der Waals surface area contributed by atoms with Crippen molar-refractivity contribution in [3.8, 4) is 11.1 Å². The summed E-state index contributed by atoms with van der Waals surface area (Å²) < 4.78 is 13.3. The van der Waals surface area contributed by atoms with Crippen molar-refractivity contribution in [1.82, 2.24) is 15.2 Å². The van der Waals surface area contributed by atoms with Gasteiger partial charge in [0.25, 0.3) is 5.91 Å². The Morgan fingerprint density at radius 3 is 2.47 bits per heavy atom. The number of amides is 1. The van der Waals surface area contributed by atoms with Crippen LogP contribution < -0.4 is 5.32 Å². The van der Waals surface area contributed by atoms with Gasteiger partial charge in [-0.1, -0.05) is 79.7 Å². The summed E-state index contributed by atoms with van der Waals surface area (Å²) in [4.78, 5) is 19.0. The molecule has 3 aromatic carbocycles. The fourth-order valence-electron chi connectivity index (χ4n) is 6.45. The van der Waals surface area contributed by atoms with E-state index < -0.39 is 6.29 Å². The molecule has 234 valence electrons. The molecule has 2 aliphatic rings. The van der Waals surface area contributed by atoms with Gasteiger partial charge in [-0.05, 0) is 59.3 Å². The minimum absolute atomic E-state index is 0.000416. The van der Waals surface area contributed by atoms with Gasteiger partial charge in [0, 0.05) is 43.0 Å². The van der Waals surface area contributed by atoms with Gasteiger partial charge in [0.05, 0.1) is 31.0 Å². The number of nitrogens with one attached hydrogen (secondary N) is 1. The molecular formula is C37H41N3O5. The van der Waals surface area contributed by atoms with Crippen LogP contribution in [-0.4, -0.2) is 57.8 Å². The van der Waals surface area contributed by atoms with Crippen molar-refractivity contribution in [2.45, 2.75) is 57.5 Å². The van der Waals surface area contributed by atoms with Crippen molar-refractivity contribution >= 4 is 5.91 Å². The standard InChI is InChI=1S/C37H41N3O5/c1-25-34(22-40-19-5-8-32(40)24-42)44-37(45-35(25)28-12-10-26(23-41)11-13-28)29-16-14-27(15-17-29)33-9-3-2-6-30(33)21-39-36(43)31-7-4-18-38-20-31/h2-4,6-7,9-18,20,25,32,34-35,37,41-42H,5,8,19,21-24H2,1H3,(H,39,43). The van der Waals surface area contributed by atoms with E-state index in [1.807, 2.05) is 42.5 Å². The first-order chi connectivity index (χ1) is 22.0. The molecule has 3 N–H and O–H groups in total. The van der Waals surface area contributed by atoms with Crippen LogP contribution >= 0.6 is 0 Å². The minimum atomic E-state index is -0.563. The molecule has 0 aliphatic carbocycles. The highest BCUT2D eigenvalue weighted by Crippen LogP contribution is 2.42. The monoisotopic (exact) mass is 607 g/mol. The van der Waals surface area contributed by atoms with Gasteiger partial charge in [-0.3, -0.25) is 14.7 Å². The average Bonchev–Trinajstić information content (AvgIpc) is 3.56. The predicted molar refractivity (Wildman–Crippen MR) is 172 cm³/mol. The van der Waals surface area contributed by atoms with Gasteiger partial charge in [0.1, 0.15) is 0 Å². The number of aromatic nitrogens is 1. The number of hydrogen-bond donors (Lipinski definition) is 3. The lowest BCUT2D eigenvalue weighted by Gasteiger charge is -2.43. The van der Waals surface area contributed by atoms with Gasteiger partial charge in [0.2, 0.25) is 0 Å². The van der Waals surface area contributed by atoms with Crippen molar-refractivity contribution in [2.75, 3.05) is 19.7 Å². The zero-order chi connectivity index (χ0) is 31.2. The highest BCUT2D eigenvalue weighted by atomic mass is 16.7. The number of pyridine rings is 1. The molecule has 2 aliphatic heterocycles. The summed E-state index contributed by atoms with van der Waals surface area (Å²) in [7, 11) is 0. The Bertz CT molecular complexity index is 1550. The zero-order valence-electron chi connectivity index (χ0n) is 25.6. The predicted octanol–water partition coefficient (Wildman–Crippen LogP) is 5.42. The second-order valence-electron chi connectivity index (χ2n) is 12.0. The van der Waals surface area contributed by atoms with Gasteiger partial charge in [-0.2, -0.15) is 0 Å². The lowest BCUT2D eigenvalue weighted by atomic mass is 9.89. The van der Waals surface area contributed by atoms with Crippen molar-refractivity contribution in [1.29, 1.82) is 0 Å². The summed E-state index contributed by atoms with van der Waals surface area (Å²) in [5, 5.41) is 22.5. The Morgan fingerprint density at radius 1 is 0.956 bits per heavy atom. The molecule has 0 saturated carbocycles. The Labute approximate surface area is 264 Å². The number of rotatable bonds is 10. The first-order valence-electron chi connectivity index (χ1n) is 15.8. The minimum Gasteiger partial charge on any atom is -0.395 e. The molecule has 1 amide bonds. The lowest BCUT2D eigenvalue weighted by molar-refractivity contribution is -0.276. The number of carbonyl (C=O) groups excluding carboxylic acids is 1. The quantitative estimate of drug-likeness (QED) is 0.221. The molecule has 0 bridgehead atoms. The molecular weight excluding hydrogens is 566 g/mol. The summed E-state index contributed by atoms with van der Waals surface area (Å²) >= 11 is 0. The lowest BCUT2D eigenvalue weighted by Crippen LogP contribution is -2.46. The van der Waals surface area contributed by atoms with E-state index in [2.05, 4.69) is 52.5 Å². The maximum Gasteiger partial charge on any atom is 0.253 e. The largest absolute Gasteiger partial charge is 0.395 e. The van der Waals surface area contributed by atoms with Crippen LogP contribution in [0.1, 0.15) is 64.8 Å². The van der Waals surface area contributed by atoms with Crippen molar-refractivity contribution in [3.63, 3.8) is 0 Å². The molecule has 5 atom stereocenters. The normalized spacial score (nSPS) is 23.6. The molecule has 4 aromatic rings. The maximum absolute atomic E-state index is 12.6. The van der Waals surface area contributed by atoms with Crippen LogP contribution in [0.4, 0.5) is 0 Å². The highest BCUT2D eigenvalue weighted by molar-refractivity contribution is 5.93. The van der Waals surface area contributed by atoms with Crippen LogP contribution in [0.5, 0.6) is 0 Å². The Kier molecular flexibility index (Phi) is 9.98. The van der Waals surface area contributed by atoms with Crippen LogP contribution in [0.3, 0.4) is 0 Å². The number of ether oxygens (including phenoxy) is 2. The number of aliphatic hydroxyl groups excluding tert-OH is 2. The van der Waals surface area contributed by atoms with Crippen LogP contribution in [0.15, 0.2) is 97.3 Å². The molecule has 1 aromatic heterocycles. The van der Waals surface area contributed by atoms with Gasteiger partial charge in [-0.25, -0.2) is 0 Å². The zero-order valence-corrected chi connectivity index (χ0v) is 25.6. The third-order valence-electron chi connectivity index (χ3n) is 9.12. The number of carbonyl (C=O) groups is 1. The van der Waals surface area contributed by atoms with Crippen LogP contribution in [0.2, 0.25) is 0 Å². The fraction of sp³-hybridized carbons (Fsp3) is 0.351. The number of aliphatic hydroxyl groups is 2. The second kappa shape index (κ2) is 14.5. The van der Waals surface area contributed by atoms with E-state index in [4.69, 9.17) is 9.47 Å². The van der Waals surface area contributed by atoms with E-state index >= 15 is 0 Å². The molecule has 2 fully saturated rings. The van der Waals surface area contributed by atoms with Gasteiger partial charge in [-0.15, -0.1) is 0 Å². The van der Waals surface area contributed by atoms with Gasteiger partial charge < -0.3 is 25.0 Å². The third kappa shape index (κ3) is 7.16. The van der Waals surface area contributed by atoms with Crippen LogP contribution in [0, 0.1) is 5.92 Å². The summed E-state index contributed by atoms with van der Waals surface area (Å²) in [6.07, 6.45) is 4.43. The van der Waals surface area contributed by atoms with Crippen molar-refractivity contribution in [3.05, 3.63) is 125 Å². The molecule has 5 unspecified atom stereocenters. The molecule has 6 rings (SSSR count). The molecule has 2 saturated heterocycles. The van der Waals surface area contributed by atoms with Gasteiger partial charge >= 0.3 is 0 Å². The van der Waals surface area contributed by atoms with E-state index in [1.54, 1.807) is 24.5 Å². The third-order valence-corrected chi connectivity index (χ3v) is 9.12. The Balaban J connectivity index is 1.22. The molecule has 8 nitrogen and oxygen atoms in total. The topological polar surface area (TPSA) is 104 Å². The summed E-state index contributed by atoms with van der Waals surface area (Å²) in [6.45, 7) is 4.40. The molecule has 0 spiro atoms. The summed E-state index contributed by atoms with van der Waals surface area (Å²) in [5.41, 5.74) is 6.45. The SMILES string of the molecule is CC1C(CN2CCCC2CO)OC(c2ccc(-c3ccccc3CNC(=O)c3cccnc3)cc2)OC1c1ccc(CO)cc1. The summed E-state index contributed by atoms with van der Waals surface area (Å²) in [5.74, 6) is -0.0855. The van der Waals surface area contributed by atoms with Crippen molar-refractivity contribution < 1.29 is 24.5 Å². The fourth-order valence-corrected chi connectivity index (χ4v) is 6.45. The number of nitrogens with zero attached hydrogens (tertiary/aromatic N) is 2.